The molecular formula is C14H11BrF3N5O3S2. The second-order valence-electron chi connectivity index (χ2n) is 5.50. The Morgan fingerprint density at radius 2 is 1.93 bits per heavy atom. The van der Waals surface area contributed by atoms with Crippen LogP contribution in [0.5, 0.6) is 0 Å². The normalized spacial score (nSPS) is 13.8. The van der Waals surface area contributed by atoms with E-state index in [0.717, 1.165) is 6.07 Å². The van der Waals surface area contributed by atoms with Crippen molar-refractivity contribution in [2.75, 3.05) is 5.75 Å². The molecule has 0 fully saturated rings. The molecule has 150 valence electrons. The second kappa shape index (κ2) is 7.15. The summed E-state index contributed by atoms with van der Waals surface area (Å²) in [4.78, 5) is 8.19. The Labute approximate surface area is 167 Å². The van der Waals surface area contributed by atoms with Gasteiger partial charge in [0.25, 0.3) is 0 Å². The third-order valence-electron chi connectivity index (χ3n) is 3.74. The molecule has 1 atom stereocenters. The molecule has 0 amide bonds. The molecule has 3 heterocycles. The summed E-state index contributed by atoms with van der Waals surface area (Å²) in [5.74, 6) is -0.116. The molecule has 3 aromatic rings. The maximum absolute atomic E-state index is 12.7. The minimum absolute atomic E-state index is 0.0176. The fourth-order valence-electron chi connectivity index (χ4n) is 2.37. The summed E-state index contributed by atoms with van der Waals surface area (Å²) in [6.07, 6.45) is 1.37. The van der Waals surface area contributed by atoms with Crippen LogP contribution in [-0.4, -0.2) is 48.6 Å². The van der Waals surface area contributed by atoms with Gasteiger partial charge in [-0.3, -0.25) is 4.98 Å². The molecule has 0 aromatic carbocycles. The van der Waals surface area contributed by atoms with E-state index in [4.69, 9.17) is 0 Å². The number of nitrogens with zero attached hydrogens (tertiary/aromatic N) is 5. The van der Waals surface area contributed by atoms with E-state index in [1.807, 2.05) is 0 Å². The number of fused-ring (bicyclic) bond motifs is 1. The third-order valence-corrected chi connectivity index (χ3v) is 6.92. The SMILES string of the molecule is CCS(=O)(=O)c1cc(Br)cnc1-c1nc2cc(S(=O)C(F)(F)F)nnc2n1C. The van der Waals surface area contributed by atoms with E-state index >= 15 is 0 Å². The van der Waals surface area contributed by atoms with E-state index in [9.17, 15) is 25.8 Å². The van der Waals surface area contributed by atoms with Gasteiger partial charge in [0, 0.05) is 23.8 Å². The highest BCUT2D eigenvalue weighted by atomic mass is 79.9. The monoisotopic (exact) mass is 497 g/mol. The number of hydrogen-bond acceptors (Lipinski definition) is 7. The fraction of sp³-hybridized carbons (Fsp3) is 0.286. The molecule has 0 bridgehead atoms. The number of aromatic nitrogens is 5. The zero-order valence-corrected chi connectivity index (χ0v) is 17.4. The number of aryl methyl sites for hydroxylation is 1. The summed E-state index contributed by atoms with van der Waals surface area (Å²) >= 11 is 3.17. The molecule has 0 spiro atoms. The van der Waals surface area contributed by atoms with Gasteiger partial charge in [-0.05, 0) is 22.0 Å². The van der Waals surface area contributed by atoms with Crippen molar-refractivity contribution < 1.29 is 25.8 Å². The Morgan fingerprint density at radius 3 is 2.54 bits per heavy atom. The maximum Gasteiger partial charge on any atom is 0.477 e. The molecule has 0 radical (unpaired) electrons. The Morgan fingerprint density at radius 1 is 1.25 bits per heavy atom. The lowest BCUT2D eigenvalue weighted by Gasteiger charge is -2.09. The highest BCUT2D eigenvalue weighted by Gasteiger charge is 2.39. The van der Waals surface area contributed by atoms with Crippen LogP contribution in [0.2, 0.25) is 0 Å². The molecule has 8 nitrogen and oxygen atoms in total. The molecule has 3 rings (SSSR count). The van der Waals surface area contributed by atoms with Crippen LogP contribution < -0.4 is 0 Å². The molecule has 3 aromatic heterocycles. The van der Waals surface area contributed by atoms with Crippen LogP contribution in [0.4, 0.5) is 13.2 Å². The van der Waals surface area contributed by atoms with Crippen molar-refractivity contribution in [1.82, 2.24) is 24.7 Å². The van der Waals surface area contributed by atoms with Gasteiger partial charge in [0.2, 0.25) is 0 Å². The van der Waals surface area contributed by atoms with Gasteiger partial charge in [-0.1, -0.05) is 6.92 Å². The lowest BCUT2D eigenvalue weighted by molar-refractivity contribution is -0.0386. The first-order chi connectivity index (χ1) is 13.0. The van der Waals surface area contributed by atoms with Crippen molar-refractivity contribution in [3.05, 3.63) is 22.8 Å². The Kier molecular flexibility index (Phi) is 5.31. The standard InChI is InChI=1S/C14H11BrF3N5O3S2/c1-3-28(25,26)9-4-7(15)6-19-11(9)13-20-8-5-10(27(24)14(16,17)18)21-22-12(8)23(13)2/h4-6H,3H2,1-2H3. The maximum atomic E-state index is 12.7. The van der Waals surface area contributed by atoms with E-state index in [-0.39, 0.29) is 33.3 Å². The Bertz CT molecular complexity index is 1210. The Balaban J connectivity index is 2.24. The van der Waals surface area contributed by atoms with E-state index in [2.05, 4.69) is 36.1 Å². The van der Waals surface area contributed by atoms with Gasteiger partial charge in [-0.2, -0.15) is 13.2 Å². The highest BCUT2D eigenvalue weighted by molar-refractivity contribution is 9.10. The van der Waals surface area contributed by atoms with Gasteiger partial charge in [-0.15, -0.1) is 10.2 Å². The van der Waals surface area contributed by atoms with Crippen LogP contribution in [0.25, 0.3) is 22.7 Å². The van der Waals surface area contributed by atoms with Gasteiger partial charge in [-0.25, -0.2) is 17.6 Å². The van der Waals surface area contributed by atoms with Crippen LogP contribution in [0, 0.1) is 0 Å². The van der Waals surface area contributed by atoms with Gasteiger partial charge < -0.3 is 4.57 Å². The first-order valence-corrected chi connectivity index (χ1v) is 11.1. The first kappa shape index (κ1) is 20.8. The number of sulfone groups is 1. The summed E-state index contributed by atoms with van der Waals surface area (Å²) < 4.78 is 76.2. The number of pyridine rings is 1. The van der Waals surface area contributed by atoms with Crippen molar-refractivity contribution in [3.63, 3.8) is 0 Å². The molecule has 28 heavy (non-hydrogen) atoms. The van der Waals surface area contributed by atoms with Crippen LogP contribution in [0.1, 0.15) is 6.92 Å². The molecule has 0 N–H and O–H groups in total. The van der Waals surface area contributed by atoms with E-state index in [1.165, 1.54) is 30.8 Å². The fourth-order valence-corrected chi connectivity index (χ4v) is 4.48. The quantitative estimate of drug-likeness (QED) is 0.544. The lowest BCUT2D eigenvalue weighted by Crippen LogP contribution is -2.17. The van der Waals surface area contributed by atoms with Gasteiger partial charge >= 0.3 is 5.51 Å². The van der Waals surface area contributed by atoms with Crippen molar-refractivity contribution >= 4 is 47.7 Å². The topological polar surface area (TPSA) is 108 Å². The van der Waals surface area contributed by atoms with Gasteiger partial charge in [0.05, 0.1) is 10.6 Å². The minimum atomic E-state index is -4.99. The number of hydrogen-bond donors (Lipinski definition) is 0. The van der Waals surface area contributed by atoms with Crippen LogP contribution in [0.15, 0.2) is 32.7 Å². The largest absolute Gasteiger partial charge is 0.477 e. The number of rotatable bonds is 4. The predicted molar refractivity (Wildman–Crippen MR) is 97.4 cm³/mol. The van der Waals surface area contributed by atoms with Crippen LogP contribution in [0.3, 0.4) is 0 Å². The van der Waals surface area contributed by atoms with Crippen LogP contribution in [-0.2, 0) is 27.7 Å². The zero-order chi connectivity index (χ0) is 20.9. The molecule has 0 aliphatic rings. The molecule has 0 saturated heterocycles. The number of imidazole rings is 1. The average molecular weight is 498 g/mol. The summed E-state index contributed by atoms with van der Waals surface area (Å²) in [6, 6.07) is 2.28. The summed E-state index contributed by atoms with van der Waals surface area (Å²) in [5.41, 5.74) is -4.91. The van der Waals surface area contributed by atoms with Crippen LogP contribution >= 0.6 is 15.9 Å². The smallest absolute Gasteiger partial charge is 0.309 e. The molecule has 0 aliphatic heterocycles. The molecule has 0 saturated carbocycles. The summed E-state index contributed by atoms with van der Waals surface area (Å²) in [7, 11) is -5.54. The van der Waals surface area contributed by atoms with Gasteiger partial charge in [0.15, 0.2) is 37.1 Å². The molecule has 1 unspecified atom stereocenters. The van der Waals surface area contributed by atoms with E-state index in [0.29, 0.717) is 4.47 Å². The highest BCUT2D eigenvalue weighted by Crippen LogP contribution is 2.31. The predicted octanol–water partition coefficient (Wildman–Crippen LogP) is 2.61. The first-order valence-electron chi connectivity index (χ1n) is 7.53. The number of halogens is 4. The summed E-state index contributed by atoms with van der Waals surface area (Å²) in [5, 5.41) is 6.23. The molecule has 14 heteroatoms. The average Bonchev–Trinajstić information content (AvgIpc) is 2.96. The summed E-state index contributed by atoms with van der Waals surface area (Å²) in [6.45, 7) is 1.47. The van der Waals surface area contributed by atoms with Gasteiger partial charge in [0.1, 0.15) is 11.2 Å². The molecule has 0 aliphatic carbocycles. The van der Waals surface area contributed by atoms with E-state index < -0.39 is 31.2 Å². The van der Waals surface area contributed by atoms with Crippen molar-refractivity contribution in [2.24, 2.45) is 7.05 Å². The van der Waals surface area contributed by atoms with Crippen molar-refractivity contribution in [2.45, 2.75) is 22.4 Å². The zero-order valence-electron chi connectivity index (χ0n) is 14.2. The van der Waals surface area contributed by atoms with E-state index in [1.54, 1.807) is 0 Å². The van der Waals surface area contributed by atoms with Crippen molar-refractivity contribution in [3.8, 4) is 11.5 Å². The lowest BCUT2D eigenvalue weighted by atomic mass is 10.3. The second-order valence-corrected chi connectivity index (χ2v) is 10.1. The Hall–Kier alpha value is -1.93. The third kappa shape index (κ3) is 3.67. The minimum Gasteiger partial charge on any atom is -0.309 e. The van der Waals surface area contributed by atoms with Crippen molar-refractivity contribution in [1.29, 1.82) is 0 Å². The number of alkyl halides is 3. The molecular weight excluding hydrogens is 487 g/mol.